The van der Waals surface area contributed by atoms with Crippen molar-refractivity contribution in [1.29, 1.82) is 0 Å². The zero-order valence-corrected chi connectivity index (χ0v) is 9.92. The molecule has 0 aromatic carbocycles. The van der Waals surface area contributed by atoms with E-state index >= 15 is 0 Å². The summed E-state index contributed by atoms with van der Waals surface area (Å²) in [6, 6.07) is 3.71. The third-order valence-electron chi connectivity index (χ3n) is 2.78. The summed E-state index contributed by atoms with van der Waals surface area (Å²) in [4.78, 5) is 11.4. The summed E-state index contributed by atoms with van der Waals surface area (Å²) in [6.45, 7) is 4.12. The Morgan fingerprint density at radius 2 is 2.07 bits per heavy atom. The zero-order valence-electron chi connectivity index (χ0n) is 9.92. The lowest BCUT2D eigenvalue weighted by Crippen LogP contribution is -2.35. The highest BCUT2D eigenvalue weighted by atomic mass is 16.5. The summed E-state index contributed by atoms with van der Waals surface area (Å²) in [5.74, 6) is -0.310. The van der Waals surface area contributed by atoms with Crippen LogP contribution in [0.5, 0.6) is 0 Å². The molecule has 0 fully saturated rings. The van der Waals surface area contributed by atoms with Gasteiger partial charge in [0, 0.05) is 12.7 Å². The number of esters is 1. The van der Waals surface area contributed by atoms with Crippen molar-refractivity contribution in [3.63, 3.8) is 0 Å². The summed E-state index contributed by atoms with van der Waals surface area (Å²) in [7, 11) is 5.14. The topological polar surface area (TPSA) is 43.3 Å². The molecule has 1 aromatic heterocycles. The van der Waals surface area contributed by atoms with Gasteiger partial charge in [0.15, 0.2) is 0 Å². The van der Waals surface area contributed by atoms with Crippen molar-refractivity contribution in [2.75, 3.05) is 14.2 Å². The van der Waals surface area contributed by atoms with E-state index in [1.807, 2.05) is 24.7 Å². The number of carbonyl (C=O) groups excluding carboxylic acids is 1. The number of hydrogen-bond donors (Lipinski definition) is 1. The van der Waals surface area contributed by atoms with Crippen LogP contribution in [0.15, 0.2) is 12.1 Å². The molecular formula is C11H18N2O2. The van der Waals surface area contributed by atoms with Gasteiger partial charge in [0.05, 0.1) is 12.6 Å². The molecule has 4 nitrogen and oxygen atoms in total. The maximum absolute atomic E-state index is 11.4. The first-order valence-corrected chi connectivity index (χ1v) is 4.87. The standard InChI is InChI=1S/C11H18N2O2/c1-11(2,12-3)9-7-6-8(13(9)4)10(14)15-5/h6-7,12H,1-5H3. The van der Waals surface area contributed by atoms with E-state index in [9.17, 15) is 4.79 Å². The molecule has 1 heterocycles. The molecule has 1 aromatic rings. The number of rotatable bonds is 3. The van der Waals surface area contributed by atoms with Crippen molar-refractivity contribution in [2.45, 2.75) is 19.4 Å². The van der Waals surface area contributed by atoms with Gasteiger partial charge in [-0.25, -0.2) is 4.79 Å². The second-order valence-corrected chi connectivity index (χ2v) is 4.03. The van der Waals surface area contributed by atoms with Crippen molar-refractivity contribution >= 4 is 5.97 Å². The number of nitrogens with zero attached hydrogens (tertiary/aromatic N) is 1. The van der Waals surface area contributed by atoms with Crippen LogP contribution in [0.2, 0.25) is 0 Å². The van der Waals surface area contributed by atoms with Gasteiger partial charge in [-0.15, -0.1) is 0 Å². The van der Waals surface area contributed by atoms with Gasteiger partial charge in [-0.3, -0.25) is 0 Å². The van der Waals surface area contributed by atoms with Gasteiger partial charge in [-0.05, 0) is 33.0 Å². The normalized spacial score (nSPS) is 11.5. The number of ether oxygens (including phenoxy) is 1. The highest BCUT2D eigenvalue weighted by molar-refractivity contribution is 5.87. The second kappa shape index (κ2) is 4.06. The Morgan fingerprint density at radius 1 is 1.47 bits per heavy atom. The predicted molar refractivity (Wildman–Crippen MR) is 58.8 cm³/mol. The van der Waals surface area contributed by atoms with E-state index in [1.165, 1.54) is 7.11 Å². The molecule has 0 atom stereocenters. The molecule has 0 saturated carbocycles. The Balaban J connectivity index is 3.15. The molecule has 0 aliphatic rings. The number of methoxy groups -OCH3 is 1. The lowest BCUT2D eigenvalue weighted by molar-refractivity contribution is 0.0589. The fourth-order valence-electron chi connectivity index (χ4n) is 1.58. The van der Waals surface area contributed by atoms with E-state index in [2.05, 4.69) is 19.2 Å². The average molecular weight is 210 g/mol. The monoisotopic (exact) mass is 210 g/mol. The van der Waals surface area contributed by atoms with Gasteiger partial charge < -0.3 is 14.6 Å². The van der Waals surface area contributed by atoms with Crippen LogP contribution in [-0.4, -0.2) is 24.7 Å². The summed E-state index contributed by atoms with van der Waals surface area (Å²) in [6.07, 6.45) is 0. The van der Waals surface area contributed by atoms with Crippen LogP contribution >= 0.6 is 0 Å². The lowest BCUT2D eigenvalue weighted by Gasteiger charge is -2.25. The first-order chi connectivity index (χ1) is 6.94. The summed E-state index contributed by atoms with van der Waals surface area (Å²) < 4.78 is 6.55. The average Bonchev–Trinajstić information content (AvgIpc) is 2.59. The van der Waals surface area contributed by atoms with Crippen molar-refractivity contribution in [3.05, 3.63) is 23.5 Å². The fraction of sp³-hybridized carbons (Fsp3) is 0.545. The van der Waals surface area contributed by atoms with E-state index < -0.39 is 0 Å². The van der Waals surface area contributed by atoms with E-state index in [0.29, 0.717) is 5.69 Å². The molecule has 0 saturated heterocycles. The summed E-state index contributed by atoms with van der Waals surface area (Å²) in [5, 5.41) is 3.20. The molecule has 0 spiro atoms. The van der Waals surface area contributed by atoms with Crippen molar-refractivity contribution < 1.29 is 9.53 Å². The first kappa shape index (κ1) is 11.8. The Kier molecular flexibility index (Phi) is 3.19. The molecule has 0 radical (unpaired) electrons. The molecule has 0 unspecified atom stereocenters. The minimum absolute atomic E-state index is 0.166. The van der Waals surface area contributed by atoms with Crippen LogP contribution in [0.25, 0.3) is 0 Å². The van der Waals surface area contributed by atoms with Crippen LogP contribution in [-0.2, 0) is 17.3 Å². The van der Waals surface area contributed by atoms with Crippen molar-refractivity contribution in [2.24, 2.45) is 7.05 Å². The quantitative estimate of drug-likeness (QED) is 0.764. The Labute approximate surface area is 90.2 Å². The Bertz CT molecular complexity index is 367. The van der Waals surface area contributed by atoms with Gasteiger partial charge >= 0.3 is 5.97 Å². The molecule has 1 rings (SSSR count). The Morgan fingerprint density at radius 3 is 2.53 bits per heavy atom. The van der Waals surface area contributed by atoms with Crippen LogP contribution in [0.1, 0.15) is 30.0 Å². The Hall–Kier alpha value is -1.29. The molecule has 84 valence electrons. The van der Waals surface area contributed by atoms with Crippen LogP contribution < -0.4 is 5.32 Å². The van der Waals surface area contributed by atoms with Gasteiger partial charge in [-0.1, -0.05) is 0 Å². The van der Waals surface area contributed by atoms with E-state index in [-0.39, 0.29) is 11.5 Å². The SMILES string of the molecule is CNC(C)(C)c1ccc(C(=O)OC)n1C. The maximum atomic E-state index is 11.4. The number of nitrogens with one attached hydrogen (secondary N) is 1. The highest BCUT2D eigenvalue weighted by Crippen LogP contribution is 2.21. The second-order valence-electron chi connectivity index (χ2n) is 4.03. The molecular weight excluding hydrogens is 192 g/mol. The van der Waals surface area contributed by atoms with E-state index in [4.69, 9.17) is 4.74 Å². The largest absolute Gasteiger partial charge is 0.464 e. The van der Waals surface area contributed by atoms with Gasteiger partial charge in [0.2, 0.25) is 0 Å². The third kappa shape index (κ3) is 2.04. The molecule has 0 aliphatic carbocycles. The number of hydrogen-bond acceptors (Lipinski definition) is 3. The molecule has 0 aliphatic heterocycles. The van der Waals surface area contributed by atoms with E-state index in [1.54, 1.807) is 6.07 Å². The molecule has 4 heteroatoms. The van der Waals surface area contributed by atoms with Crippen LogP contribution in [0.3, 0.4) is 0 Å². The van der Waals surface area contributed by atoms with E-state index in [0.717, 1.165) is 5.69 Å². The smallest absolute Gasteiger partial charge is 0.354 e. The third-order valence-corrected chi connectivity index (χ3v) is 2.78. The minimum Gasteiger partial charge on any atom is -0.464 e. The van der Waals surface area contributed by atoms with Crippen LogP contribution in [0.4, 0.5) is 0 Å². The molecule has 0 amide bonds. The highest BCUT2D eigenvalue weighted by Gasteiger charge is 2.23. The fourth-order valence-corrected chi connectivity index (χ4v) is 1.58. The molecule has 0 bridgehead atoms. The first-order valence-electron chi connectivity index (χ1n) is 4.87. The lowest BCUT2D eigenvalue weighted by atomic mass is 10.0. The molecule has 1 N–H and O–H groups in total. The molecule has 15 heavy (non-hydrogen) atoms. The van der Waals surface area contributed by atoms with Crippen molar-refractivity contribution in [1.82, 2.24) is 9.88 Å². The van der Waals surface area contributed by atoms with Crippen LogP contribution in [0, 0.1) is 0 Å². The maximum Gasteiger partial charge on any atom is 0.354 e. The number of carbonyl (C=O) groups is 1. The minimum atomic E-state index is -0.310. The predicted octanol–water partition coefficient (Wildman–Crippen LogP) is 1.27. The van der Waals surface area contributed by atoms with Gasteiger partial charge in [0.1, 0.15) is 5.69 Å². The number of aromatic nitrogens is 1. The van der Waals surface area contributed by atoms with Crippen molar-refractivity contribution in [3.8, 4) is 0 Å². The van der Waals surface area contributed by atoms with Gasteiger partial charge in [0.25, 0.3) is 0 Å². The summed E-state index contributed by atoms with van der Waals surface area (Å²) in [5.41, 5.74) is 1.45. The zero-order chi connectivity index (χ0) is 11.6. The summed E-state index contributed by atoms with van der Waals surface area (Å²) >= 11 is 0. The van der Waals surface area contributed by atoms with Gasteiger partial charge in [-0.2, -0.15) is 0 Å².